The number of carboxylic acids is 1. The molecule has 0 bridgehead atoms. The van der Waals surface area contributed by atoms with Crippen LogP contribution in [0.25, 0.3) is 0 Å². The van der Waals surface area contributed by atoms with Crippen LogP contribution in [0.1, 0.15) is 6.92 Å². The summed E-state index contributed by atoms with van der Waals surface area (Å²) in [7, 11) is -3.50. The fourth-order valence-corrected chi connectivity index (χ4v) is 2.76. The smallest absolute Gasteiger partial charge is 0.324 e. The number of ether oxygens (including phenoxy) is 1. The van der Waals surface area contributed by atoms with E-state index in [2.05, 4.69) is 0 Å². The van der Waals surface area contributed by atoms with Gasteiger partial charge < -0.3 is 9.84 Å². The number of aliphatic carboxylic acids is 1. The average molecular weight is 194 g/mol. The molecule has 1 aliphatic rings. The lowest BCUT2D eigenvalue weighted by Gasteiger charge is -2.25. The van der Waals surface area contributed by atoms with Crippen molar-refractivity contribution in [3.8, 4) is 0 Å². The van der Waals surface area contributed by atoms with E-state index in [0.717, 1.165) is 0 Å². The third-order valence-electron chi connectivity index (χ3n) is 1.81. The number of hydrogen-bond donors (Lipinski definition) is 1. The van der Waals surface area contributed by atoms with E-state index >= 15 is 0 Å². The van der Waals surface area contributed by atoms with Gasteiger partial charge >= 0.3 is 5.97 Å². The Bertz CT molecular complexity index is 280. The Labute approximate surface area is 70.3 Å². The van der Waals surface area contributed by atoms with Crippen molar-refractivity contribution in [3.05, 3.63) is 0 Å². The summed E-state index contributed by atoms with van der Waals surface area (Å²) >= 11 is 0. The highest BCUT2D eigenvalue weighted by atomic mass is 32.2. The second-order valence-electron chi connectivity index (χ2n) is 2.70. The van der Waals surface area contributed by atoms with Gasteiger partial charge in [-0.05, 0) is 6.92 Å². The fraction of sp³-hybridized carbons (Fsp3) is 0.833. The van der Waals surface area contributed by atoms with E-state index in [1.54, 1.807) is 0 Å². The van der Waals surface area contributed by atoms with Gasteiger partial charge in [-0.25, -0.2) is 8.42 Å². The lowest BCUT2D eigenvalue weighted by atomic mass is 10.3. The van der Waals surface area contributed by atoms with Gasteiger partial charge in [-0.2, -0.15) is 0 Å². The number of sulfone groups is 1. The van der Waals surface area contributed by atoms with E-state index in [9.17, 15) is 13.2 Å². The van der Waals surface area contributed by atoms with Crippen LogP contribution in [0.5, 0.6) is 0 Å². The zero-order chi connectivity index (χ0) is 9.35. The predicted octanol–water partition coefficient (Wildman–Crippen LogP) is -0.727. The molecule has 0 saturated carbocycles. The topological polar surface area (TPSA) is 80.7 Å². The molecule has 1 aliphatic heterocycles. The normalized spacial score (nSPS) is 34.4. The predicted molar refractivity (Wildman–Crippen MR) is 40.6 cm³/mol. The monoisotopic (exact) mass is 194 g/mol. The molecule has 0 amide bonds. The van der Waals surface area contributed by atoms with E-state index < -0.39 is 27.2 Å². The Balaban J connectivity index is 2.97. The molecule has 1 heterocycles. The lowest BCUT2D eigenvalue weighted by molar-refractivity contribution is -0.139. The van der Waals surface area contributed by atoms with E-state index in [0.29, 0.717) is 0 Å². The molecule has 0 aromatic carbocycles. The molecule has 0 spiro atoms. The molecule has 2 unspecified atom stereocenters. The molecule has 70 valence electrons. The number of carbonyl (C=O) groups is 1. The van der Waals surface area contributed by atoms with Gasteiger partial charge in [0.2, 0.25) is 0 Å². The van der Waals surface area contributed by atoms with Crippen LogP contribution >= 0.6 is 0 Å². The standard InChI is InChI=1S/C6H10O5S/c1-4-5(6(7)8)12(9,10)3-2-11-4/h4-5H,2-3H2,1H3,(H,7,8). The molecule has 12 heavy (non-hydrogen) atoms. The van der Waals surface area contributed by atoms with Crippen LogP contribution in [0.2, 0.25) is 0 Å². The first-order chi connectivity index (χ1) is 5.45. The molecule has 1 N–H and O–H groups in total. The molecule has 6 heteroatoms. The Kier molecular flexibility index (Phi) is 2.39. The summed E-state index contributed by atoms with van der Waals surface area (Å²) in [6.45, 7) is 1.54. The van der Waals surface area contributed by atoms with Gasteiger partial charge in [0.05, 0.1) is 18.5 Å². The maximum absolute atomic E-state index is 11.2. The van der Waals surface area contributed by atoms with Crippen molar-refractivity contribution in [2.75, 3.05) is 12.4 Å². The average Bonchev–Trinajstić information content (AvgIpc) is 1.82. The first-order valence-electron chi connectivity index (χ1n) is 3.51. The largest absolute Gasteiger partial charge is 0.480 e. The highest BCUT2D eigenvalue weighted by molar-refractivity contribution is 7.92. The van der Waals surface area contributed by atoms with Gasteiger partial charge in [0.1, 0.15) is 0 Å². The number of carboxylic acid groups (broad SMARTS) is 1. The first kappa shape index (κ1) is 9.47. The molecular formula is C6H10O5S. The van der Waals surface area contributed by atoms with Crippen molar-refractivity contribution >= 4 is 15.8 Å². The molecule has 0 aliphatic carbocycles. The molecule has 1 rings (SSSR count). The second-order valence-corrected chi connectivity index (χ2v) is 4.94. The van der Waals surface area contributed by atoms with Crippen molar-refractivity contribution in [2.45, 2.75) is 18.3 Å². The summed E-state index contributed by atoms with van der Waals surface area (Å²) < 4.78 is 27.3. The third-order valence-corrected chi connectivity index (χ3v) is 3.90. The Morgan fingerprint density at radius 2 is 2.17 bits per heavy atom. The van der Waals surface area contributed by atoms with Gasteiger partial charge in [-0.15, -0.1) is 0 Å². The molecule has 1 fully saturated rings. The van der Waals surface area contributed by atoms with Crippen molar-refractivity contribution in [1.82, 2.24) is 0 Å². The summed E-state index contributed by atoms with van der Waals surface area (Å²) in [5, 5.41) is 7.19. The van der Waals surface area contributed by atoms with Gasteiger partial charge in [0.15, 0.2) is 15.1 Å². The van der Waals surface area contributed by atoms with Crippen LogP contribution < -0.4 is 0 Å². The Hall–Kier alpha value is -0.620. The first-order valence-corrected chi connectivity index (χ1v) is 5.22. The van der Waals surface area contributed by atoms with Crippen molar-refractivity contribution in [1.29, 1.82) is 0 Å². The van der Waals surface area contributed by atoms with Crippen molar-refractivity contribution in [3.63, 3.8) is 0 Å². The summed E-state index contributed by atoms with van der Waals surface area (Å²) in [6.07, 6.45) is -0.749. The second kappa shape index (κ2) is 3.02. The summed E-state index contributed by atoms with van der Waals surface area (Å²) in [6, 6.07) is 0. The molecule has 0 aromatic rings. The van der Waals surface area contributed by atoms with Crippen LogP contribution in [0.4, 0.5) is 0 Å². The molecule has 2 atom stereocenters. The maximum atomic E-state index is 11.2. The molecule has 0 radical (unpaired) electrons. The molecule has 0 aromatic heterocycles. The van der Waals surface area contributed by atoms with Crippen molar-refractivity contribution in [2.24, 2.45) is 0 Å². The van der Waals surface area contributed by atoms with Crippen molar-refractivity contribution < 1.29 is 23.1 Å². The van der Waals surface area contributed by atoms with Gasteiger partial charge in [-0.1, -0.05) is 0 Å². The van der Waals surface area contributed by atoms with Crippen LogP contribution in [0.3, 0.4) is 0 Å². The lowest BCUT2D eigenvalue weighted by Crippen LogP contribution is -2.47. The summed E-state index contributed by atoms with van der Waals surface area (Å²) in [5.41, 5.74) is 0. The minimum atomic E-state index is -3.50. The quantitative estimate of drug-likeness (QED) is 0.595. The highest BCUT2D eigenvalue weighted by Crippen LogP contribution is 2.16. The zero-order valence-corrected chi connectivity index (χ0v) is 7.37. The zero-order valence-electron chi connectivity index (χ0n) is 6.56. The highest BCUT2D eigenvalue weighted by Gasteiger charge is 2.41. The van der Waals surface area contributed by atoms with Gasteiger partial charge in [0.25, 0.3) is 0 Å². The van der Waals surface area contributed by atoms with E-state index in [4.69, 9.17) is 9.84 Å². The van der Waals surface area contributed by atoms with Crippen LogP contribution in [-0.4, -0.2) is 43.2 Å². The van der Waals surface area contributed by atoms with Crippen LogP contribution in [0.15, 0.2) is 0 Å². The summed E-state index contributed by atoms with van der Waals surface area (Å²) in [5.74, 6) is -1.53. The van der Waals surface area contributed by atoms with Crippen LogP contribution in [-0.2, 0) is 19.4 Å². The SMILES string of the molecule is CC1OCCS(=O)(=O)C1C(=O)O. The summed E-state index contributed by atoms with van der Waals surface area (Å²) in [4.78, 5) is 10.5. The Morgan fingerprint density at radius 3 is 2.50 bits per heavy atom. The maximum Gasteiger partial charge on any atom is 0.324 e. The third kappa shape index (κ3) is 1.59. The van der Waals surface area contributed by atoms with E-state index in [1.807, 2.05) is 0 Å². The Morgan fingerprint density at radius 1 is 1.58 bits per heavy atom. The molecule has 1 saturated heterocycles. The number of hydrogen-bond acceptors (Lipinski definition) is 4. The minimum absolute atomic E-state index is 0.0906. The molecular weight excluding hydrogens is 184 g/mol. The van der Waals surface area contributed by atoms with Gasteiger partial charge in [-0.3, -0.25) is 4.79 Å². The van der Waals surface area contributed by atoms with Gasteiger partial charge in [0, 0.05) is 0 Å². The number of rotatable bonds is 1. The van der Waals surface area contributed by atoms with E-state index in [1.165, 1.54) is 6.92 Å². The van der Waals surface area contributed by atoms with E-state index in [-0.39, 0.29) is 12.4 Å². The van der Waals surface area contributed by atoms with Crippen LogP contribution in [0, 0.1) is 0 Å². The fourth-order valence-electron chi connectivity index (χ4n) is 1.21. The minimum Gasteiger partial charge on any atom is -0.480 e. The molecule has 5 nitrogen and oxygen atoms in total.